The van der Waals surface area contributed by atoms with Gasteiger partial charge in [0.1, 0.15) is 0 Å². The van der Waals surface area contributed by atoms with Gasteiger partial charge in [-0.15, -0.1) is 0 Å². The highest BCUT2D eigenvalue weighted by Gasteiger charge is 2.07. The smallest absolute Gasteiger partial charge is 0.269 e. The average molecular weight is 457 g/mol. The molecule has 0 aromatic heterocycles. The molecule has 0 saturated heterocycles. The topological polar surface area (TPSA) is 69.6 Å². The third-order valence-electron chi connectivity index (χ3n) is 2.61. The fourth-order valence-electron chi connectivity index (χ4n) is 1.50. The Morgan fingerprint density at radius 2 is 2.09 bits per heavy atom. The van der Waals surface area contributed by atoms with Crippen molar-refractivity contribution in [2.75, 3.05) is 17.5 Å². The van der Waals surface area contributed by atoms with E-state index in [1.807, 2.05) is 22.6 Å². The molecule has 2 amide bonds. The highest BCUT2D eigenvalue weighted by Crippen LogP contribution is 2.21. The maximum atomic E-state index is 11.7. The van der Waals surface area contributed by atoms with Crippen molar-refractivity contribution in [2.45, 2.75) is 6.42 Å². The molecule has 1 aromatic carbocycles. The van der Waals surface area contributed by atoms with Gasteiger partial charge in [-0.2, -0.15) is 0 Å². The predicted octanol–water partition coefficient (Wildman–Crippen LogP) is 3.17. The Morgan fingerprint density at radius 1 is 1.36 bits per heavy atom. The second-order valence-corrected chi connectivity index (χ2v) is 5.90. The molecule has 0 saturated carbocycles. The van der Waals surface area contributed by atoms with Gasteiger partial charge in [0.2, 0.25) is 5.91 Å². The quantitative estimate of drug-likeness (QED) is 0.165. The van der Waals surface area contributed by atoms with Crippen molar-refractivity contribution in [2.24, 2.45) is 0 Å². The fourth-order valence-corrected chi connectivity index (χ4v) is 2.24. The summed E-state index contributed by atoms with van der Waals surface area (Å²) in [7, 11) is 0. The zero-order valence-electron chi connectivity index (χ0n) is 11.6. The van der Waals surface area contributed by atoms with Crippen molar-refractivity contribution in [3.8, 4) is 0 Å². The van der Waals surface area contributed by atoms with Crippen LogP contribution in [0.15, 0.2) is 24.3 Å². The van der Waals surface area contributed by atoms with E-state index in [2.05, 4.69) is 5.32 Å². The van der Waals surface area contributed by atoms with Crippen LogP contribution in [0.5, 0.6) is 0 Å². The Labute approximate surface area is 152 Å². The van der Waals surface area contributed by atoms with Gasteiger partial charge in [0.15, 0.2) is 0 Å². The molecule has 0 spiro atoms. The molecule has 0 unspecified atom stereocenters. The van der Waals surface area contributed by atoms with Gasteiger partial charge in [0.05, 0.1) is 11.0 Å². The lowest BCUT2D eigenvalue weighted by Gasteiger charge is -2.12. The third-order valence-corrected chi connectivity index (χ3v) is 3.87. The van der Waals surface area contributed by atoms with E-state index in [1.165, 1.54) is 12.2 Å². The van der Waals surface area contributed by atoms with Gasteiger partial charge in [0, 0.05) is 22.7 Å². The summed E-state index contributed by atoms with van der Waals surface area (Å²) >= 11 is 13.7. The van der Waals surface area contributed by atoms with Gasteiger partial charge >= 0.3 is 0 Å². The molecule has 1 aromatic rings. The minimum Gasteiger partial charge on any atom is -0.355 e. The van der Waals surface area contributed by atoms with Gasteiger partial charge in [-0.1, -0.05) is 51.9 Å². The first kappa shape index (κ1) is 19.2. The lowest BCUT2D eigenvalue weighted by molar-refractivity contribution is -0.159. The molecule has 2 N–H and O–H groups in total. The maximum absolute atomic E-state index is 11.7. The number of amides is 2. The monoisotopic (exact) mass is 456 g/mol. The molecule has 0 atom stereocenters. The van der Waals surface area contributed by atoms with Gasteiger partial charge in [-0.3, -0.25) is 14.8 Å². The summed E-state index contributed by atoms with van der Waals surface area (Å²) in [4.78, 5) is 22.7. The Hall–Kier alpha value is -0.830. The molecule has 0 aliphatic carbocycles. The van der Waals surface area contributed by atoms with Crippen LogP contribution in [0.4, 0.5) is 0 Å². The molecule has 22 heavy (non-hydrogen) atoms. The SMILES string of the molecule is O=C(CI)NCCCN(O)C(=O)/C=C/c1ccc(Cl)cc1Cl. The predicted molar refractivity (Wildman–Crippen MR) is 95.5 cm³/mol. The van der Waals surface area contributed by atoms with E-state index in [4.69, 9.17) is 23.2 Å². The fraction of sp³-hybridized carbons (Fsp3) is 0.286. The number of benzene rings is 1. The molecular weight excluding hydrogens is 442 g/mol. The summed E-state index contributed by atoms with van der Waals surface area (Å²) < 4.78 is 0.379. The number of halogens is 3. The number of alkyl halides is 1. The molecule has 1 rings (SSSR count). The maximum Gasteiger partial charge on any atom is 0.269 e. The number of carbonyl (C=O) groups is 2. The van der Waals surface area contributed by atoms with Crippen molar-refractivity contribution in [1.82, 2.24) is 10.4 Å². The van der Waals surface area contributed by atoms with Gasteiger partial charge in [-0.25, -0.2) is 5.06 Å². The van der Waals surface area contributed by atoms with E-state index in [1.54, 1.807) is 18.2 Å². The first-order chi connectivity index (χ1) is 10.4. The second kappa shape index (κ2) is 10.0. The molecule has 0 radical (unpaired) electrons. The number of carbonyl (C=O) groups excluding carboxylic acids is 2. The van der Waals surface area contributed by atoms with Gasteiger partial charge < -0.3 is 5.32 Å². The Morgan fingerprint density at radius 3 is 2.73 bits per heavy atom. The van der Waals surface area contributed by atoms with Crippen LogP contribution in [0.25, 0.3) is 6.08 Å². The zero-order valence-corrected chi connectivity index (χ0v) is 15.2. The molecule has 0 bridgehead atoms. The second-order valence-electron chi connectivity index (χ2n) is 4.30. The molecule has 5 nitrogen and oxygen atoms in total. The van der Waals surface area contributed by atoms with E-state index in [-0.39, 0.29) is 12.5 Å². The number of nitrogens with one attached hydrogen (secondary N) is 1. The Kier molecular flexibility index (Phi) is 8.77. The van der Waals surface area contributed by atoms with Crippen LogP contribution in [-0.4, -0.2) is 39.6 Å². The average Bonchev–Trinajstić information content (AvgIpc) is 2.49. The standard InChI is InChI=1S/C14H15Cl2IN2O3/c15-11-4-2-10(12(16)8-11)3-5-14(21)19(22)7-1-6-18-13(20)9-17/h2-5,8,22H,1,6-7,9H2,(H,18,20)/b5-3+. The summed E-state index contributed by atoms with van der Waals surface area (Å²) in [5, 5.41) is 13.8. The van der Waals surface area contributed by atoms with Crippen LogP contribution in [0.1, 0.15) is 12.0 Å². The minimum absolute atomic E-state index is 0.0753. The Bertz CT molecular complexity index is 567. The Balaban J connectivity index is 2.43. The summed E-state index contributed by atoms with van der Waals surface area (Å²) in [6.07, 6.45) is 3.18. The molecule has 120 valence electrons. The number of nitrogens with zero attached hydrogens (tertiary/aromatic N) is 1. The van der Waals surface area contributed by atoms with Crippen LogP contribution in [-0.2, 0) is 9.59 Å². The summed E-state index contributed by atoms with van der Waals surface area (Å²) in [5.41, 5.74) is 0.627. The first-order valence-electron chi connectivity index (χ1n) is 6.40. The molecule has 8 heteroatoms. The minimum atomic E-state index is -0.564. The third kappa shape index (κ3) is 6.95. The summed E-state index contributed by atoms with van der Waals surface area (Å²) in [6.45, 7) is 0.526. The number of hydroxylamine groups is 2. The molecule has 0 aliphatic rings. The van der Waals surface area contributed by atoms with Crippen molar-refractivity contribution in [3.63, 3.8) is 0 Å². The zero-order chi connectivity index (χ0) is 16.5. The van der Waals surface area contributed by atoms with E-state index >= 15 is 0 Å². The van der Waals surface area contributed by atoms with Crippen LogP contribution in [0, 0.1) is 0 Å². The number of hydrogen-bond donors (Lipinski definition) is 2. The van der Waals surface area contributed by atoms with Crippen molar-refractivity contribution >= 4 is 63.7 Å². The van der Waals surface area contributed by atoms with E-state index < -0.39 is 5.91 Å². The summed E-state index contributed by atoms with van der Waals surface area (Å²) in [6, 6.07) is 4.90. The van der Waals surface area contributed by atoms with Crippen LogP contribution in [0.2, 0.25) is 10.0 Å². The van der Waals surface area contributed by atoms with E-state index in [0.29, 0.717) is 38.1 Å². The van der Waals surface area contributed by atoms with Crippen molar-refractivity contribution in [3.05, 3.63) is 39.9 Å². The first-order valence-corrected chi connectivity index (χ1v) is 8.68. The van der Waals surface area contributed by atoms with Crippen molar-refractivity contribution < 1.29 is 14.8 Å². The molecule has 0 aliphatic heterocycles. The highest BCUT2D eigenvalue weighted by atomic mass is 127. The van der Waals surface area contributed by atoms with Crippen LogP contribution < -0.4 is 5.32 Å². The molecule has 0 heterocycles. The van der Waals surface area contributed by atoms with Crippen molar-refractivity contribution in [1.29, 1.82) is 0 Å². The summed E-state index contributed by atoms with van der Waals surface area (Å²) in [5.74, 6) is -0.639. The van der Waals surface area contributed by atoms with Gasteiger partial charge in [-0.05, 0) is 30.2 Å². The number of hydrogen-bond acceptors (Lipinski definition) is 3. The lowest BCUT2D eigenvalue weighted by atomic mass is 10.2. The van der Waals surface area contributed by atoms with Crippen LogP contribution >= 0.6 is 45.8 Å². The van der Waals surface area contributed by atoms with Gasteiger partial charge in [0.25, 0.3) is 5.91 Å². The highest BCUT2D eigenvalue weighted by molar-refractivity contribution is 14.1. The van der Waals surface area contributed by atoms with E-state index in [9.17, 15) is 14.8 Å². The van der Waals surface area contributed by atoms with Crippen LogP contribution in [0.3, 0.4) is 0 Å². The number of rotatable bonds is 7. The molecular formula is C14H15Cl2IN2O3. The van der Waals surface area contributed by atoms with E-state index in [0.717, 1.165) is 0 Å². The largest absolute Gasteiger partial charge is 0.355 e. The lowest BCUT2D eigenvalue weighted by Crippen LogP contribution is -2.31. The normalized spacial score (nSPS) is 10.7. The molecule has 0 fully saturated rings.